The fourth-order valence-corrected chi connectivity index (χ4v) is 1.78. The molecule has 0 unspecified atom stereocenters. The van der Waals surface area contributed by atoms with Crippen LogP contribution in [0.1, 0.15) is 0 Å². The van der Waals surface area contributed by atoms with E-state index in [0.717, 1.165) is 0 Å². The third-order valence-corrected chi connectivity index (χ3v) is 2.65. The number of carboxylic acid groups (broad SMARTS) is 2. The predicted molar refractivity (Wildman–Crippen MR) is 41.9 cm³/mol. The van der Waals surface area contributed by atoms with Crippen LogP contribution in [0.15, 0.2) is 0 Å². The van der Waals surface area contributed by atoms with Gasteiger partial charge in [-0.1, -0.05) is 0 Å². The second-order valence-electron chi connectivity index (χ2n) is 2.39. The molecule has 0 heterocycles. The van der Waals surface area contributed by atoms with Crippen LogP contribution in [-0.4, -0.2) is 48.1 Å². The molecule has 0 saturated carbocycles. The molecule has 76 valence electrons. The second-order valence-corrected chi connectivity index (χ2v) is 4.50. The number of sulfone groups is 1. The van der Waals surface area contributed by atoms with Crippen molar-refractivity contribution >= 4 is 21.8 Å². The van der Waals surface area contributed by atoms with Crippen LogP contribution in [0.3, 0.4) is 0 Å². The lowest BCUT2D eigenvalue weighted by molar-refractivity contribution is -0.138. The molecule has 0 aromatic carbocycles. The summed E-state index contributed by atoms with van der Waals surface area (Å²) < 4.78 is 21.7. The first-order valence-corrected chi connectivity index (χ1v) is 4.97. The van der Waals surface area contributed by atoms with Crippen molar-refractivity contribution in [2.45, 2.75) is 6.04 Å². The van der Waals surface area contributed by atoms with E-state index in [9.17, 15) is 18.0 Å². The van der Waals surface area contributed by atoms with E-state index in [-0.39, 0.29) is 0 Å². The summed E-state index contributed by atoms with van der Waals surface area (Å²) in [5, 5.41) is 16.4. The quantitative estimate of drug-likeness (QED) is 0.473. The van der Waals surface area contributed by atoms with Crippen molar-refractivity contribution in [3.63, 3.8) is 0 Å². The number of nitrogens with two attached hydrogens (primary N) is 1. The summed E-state index contributed by atoms with van der Waals surface area (Å²) in [6.45, 7) is 0. The molecular formula is C5H9NO6S. The van der Waals surface area contributed by atoms with E-state index in [1.165, 1.54) is 0 Å². The molecule has 0 aliphatic carbocycles. The number of carbonyl (C=O) groups is 2. The molecule has 1 atom stereocenters. The first kappa shape index (κ1) is 11.8. The largest absolute Gasteiger partial charge is 0.480 e. The Balaban J connectivity index is 4.35. The summed E-state index contributed by atoms with van der Waals surface area (Å²) in [6.07, 6.45) is 0. The molecule has 13 heavy (non-hydrogen) atoms. The average Bonchev–Trinajstić information content (AvgIpc) is 1.81. The van der Waals surface area contributed by atoms with E-state index in [4.69, 9.17) is 15.9 Å². The Morgan fingerprint density at radius 2 is 1.77 bits per heavy atom. The average molecular weight is 211 g/mol. The van der Waals surface area contributed by atoms with Crippen molar-refractivity contribution in [1.29, 1.82) is 0 Å². The summed E-state index contributed by atoms with van der Waals surface area (Å²) in [4.78, 5) is 20.1. The fourth-order valence-electron chi connectivity index (χ4n) is 0.592. The van der Waals surface area contributed by atoms with E-state index in [1.54, 1.807) is 0 Å². The van der Waals surface area contributed by atoms with Gasteiger partial charge in [0.05, 0.1) is 5.75 Å². The van der Waals surface area contributed by atoms with Crippen molar-refractivity contribution in [2.75, 3.05) is 11.5 Å². The summed E-state index contributed by atoms with van der Waals surface area (Å²) in [7, 11) is -3.93. The van der Waals surface area contributed by atoms with Crippen LogP contribution in [0.2, 0.25) is 0 Å². The van der Waals surface area contributed by atoms with Crippen LogP contribution in [0.4, 0.5) is 0 Å². The molecule has 0 aromatic rings. The molecule has 0 aliphatic rings. The molecule has 0 rings (SSSR count). The second kappa shape index (κ2) is 4.19. The van der Waals surface area contributed by atoms with Crippen LogP contribution in [0.25, 0.3) is 0 Å². The zero-order valence-electron chi connectivity index (χ0n) is 6.50. The maximum Gasteiger partial charge on any atom is 0.321 e. The van der Waals surface area contributed by atoms with Gasteiger partial charge in [0.15, 0.2) is 9.84 Å². The molecule has 0 aromatic heterocycles. The highest BCUT2D eigenvalue weighted by atomic mass is 32.2. The fraction of sp³-hybridized carbons (Fsp3) is 0.600. The van der Waals surface area contributed by atoms with Gasteiger partial charge >= 0.3 is 11.9 Å². The minimum Gasteiger partial charge on any atom is -0.480 e. The molecule has 8 heteroatoms. The zero-order chi connectivity index (χ0) is 10.6. The standard InChI is InChI=1S/C5H9NO6S/c6-3(5(9)10)1-13(11,12)2-4(7)8/h3H,1-2,6H2,(H,7,8)(H,9,10)/t3-/m1/s1. The molecule has 7 nitrogen and oxygen atoms in total. The summed E-state index contributed by atoms with van der Waals surface area (Å²) >= 11 is 0. The smallest absolute Gasteiger partial charge is 0.321 e. The van der Waals surface area contributed by atoms with Gasteiger partial charge in [0.25, 0.3) is 0 Å². The van der Waals surface area contributed by atoms with Crippen molar-refractivity contribution in [3.05, 3.63) is 0 Å². The van der Waals surface area contributed by atoms with Crippen molar-refractivity contribution in [2.24, 2.45) is 5.73 Å². The molecule has 0 spiro atoms. The van der Waals surface area contributed by atoms with Crippen LogP contribution >= 0.6 is 0 Å². The minimum absolute atomic E-state index is 0.866. The van der Waals surface area contributed by atoms with Crippen LogP contribution in [0.5, 0.6) is 0 Å². The van der Waals surface area contributed by atoms with Gasteiger partial charge in [-0.3, -0.25) is 9.59 Å². The van der Waals surface area contributed by atoms with E-state index in [1.807, 2.05) is 0 Å². The van der Waals surface area contributed by atoms with Gasteiger partial charge in [-0.25, -0.2) is 8.42 Å². The monoisotopic (exact) mass is 211 g/mol. The normalized spacial score (nSPS) is 13.6. The SMILES string of the molecule is N[C@H](CS(=O)(=O)CC(=O)O)C(=O)O. The van der Waals surface area contributed by atoms with Gasteiger partial charge < -0.3 is 15.9 Å². The highest BCUT2D eigenvalue weighted by Crippen LogP contribution is 1.93. The number of aliphatic carboxylic acids is 2. The maximum atomic E-state index is 10.8. The zero-order valence-corrected chi connectivity index (χ0v) is 7.32. The highest BCUT2D eigenvalue weighted by molar-refractivity contribution is 7.92. The Morgan fingerprint density at radius 1 is 1.31 bits per heavy atom. The van der Waals surface area contributed by atoms with Gasteiger partial charge in [0.2, 0.25) is 0 Å². The number of carboxylic acids is 2. The first-order chi connectivity index (χ1) is 5.74. The summed E-state index contributed by atoms with van der Waals surface area (Å²) in [5.41, 5.74) is 4.91. The number of hydrogen-bond acceptors (Lipinski definition) is 5. The van der Waals surface area contributed by atoms with E-state index in [2.05, 4.69) is 0 Å². The Labute approximate surface area is 74.1 Å². The number of hydrogen-bond donors (Lipinski definition) is 3. The van der Waals surface area contributed by atoms with E-state index in [0.29, 0.717) is 0 Å². The topological polar surface area (TPSA) is 135 Å². The molecular weight excluding hydrogens is 202 g/mol. The first-order valence-electron chi connectivity index (χ1n) is 3.15. The van der Waals surface area contributed by atoms with Gasteiger partial charge in [-0.05, 0) is 0 Å². The van der Waals surface area contributed by atoms with Gasteiger partial charge in [-0.15, -0.1) is 0 Å². The Hall–Kier alpha value is -1.15. The van der Waals surface area contributed by atoms with Gasteiger partial charge in [0.1, 0.15) is 11.8 Å². The van der Waals surface area contributed by atoms with Crippen LogP contribution in [-0.2, 0) is 19.4 Å². The molecule has 0 radical (unpaired) electrons. The van der Waals surface area contributed by atoms with Crippen molar-refractivity contribution in [3.8, 4) is 0 Å². The lowest BCUT2D eigenvalue weighted by Gasteiger charge is -2.04. The number of rotatable bonds is 5. The third-order valence-electron chi connectivity index (χ3n) is 1.09. The lowest BCUT2D eigenvalue weighted by Crippen LogP contribution is -2.38. The summed E-state index contributed by atoms with van der Waals surface area (Å²) in [6, 6.07) is -1.58. The predicted octanol–water partition coefficient (Wildman–Crippen LogP) is -2.10. The van der Waals surface area contributed by atoms with Crippen molar-refractivity contribution < 1.29 is 28.2 Å². The molecule has 4 N–H and O–H groups in total. The van der Waals surface area contributed by atoms with Crippen LogP contribution < -0.4 is 5.73 Å². The minimum atomic E-state index is -3.93. The Morgan fingerprint density at radius 3 is 2.08 bits per heavy atom. The molecule has 0 amide bonds. The Bertz CT molecular complexity index is 307. The molecule has 0 bridgehead atoms. The summed E-state index contributed by atoms with van der Waals surface area (Å²) in [5.74, 6) is -4.98. The van der Waals surface area contributed by atoms with E-state index < -0.39 is 39.3 Å². The highest BCUT2D eigenvalue weighted by Gasteiger charge is 2.23. The lowest BCUT2D eigenvalue weighted by atomic mass is 10.4. The molecule has 0 aliphatic heterocycles. The van der Waals surface area contributed by atoms with Crippen molar-refractivity contribution in [1.82, 2.24) is 0 Å². The van der Waals surface area contributed by atoms with Gasteiger partial charge in [0, 0.05) is 0 Å². The maximum absolute atomic E-state index is 10.8. The third kappa shape index (κ3) is 5.15. The van der Waals surface area contributed by atoms with E-state index >= 15 is 0 Å². The van der Waals surface area contributed by atoms with Gasteiger partial charge in [-0.2, -0.15) is 0 Å². The molecule has 0 fully saturated rings. The van der Waals surface area contributed by atoms with Crippen LogP contribution in [0, 0.1) is 0 Å². The Kier molecular flexibility index (Phi) is 3.82. The molecule has 0 saturated heterocycles.